The van der Waals surface area contributed by atoms with Crippen molar-refractivity contribution in [3.8, 4) is 0 Å². The lowest BCUT2D eigenvalue weighted by molar-refractivity contribution is 0.0697. The van der Waals surface area contributed by atoms with Gasteiger partial charge in [0.05, 0.1) is 10.6 Å². The fourth-order valence-corrected chi connectivity index (χ4v) is 1.17. The lowest BCUT2D eigenvalue weighted by atomic mass is 10.1. The Kier molecular flexibility index (Phi) is 2.85. The Bertz CT molecular complexity index is 378. The van der Waals surface area contributed by atoms with Crippen LogP contribution < -0.4 is 5.73 Å². The molecule has 3 nitrogen and oxygen atoms in total. The SMILES string of the molecule is NC(=S)c1ccc(Cl)c(C(=O)O)c1. The summed E-state index contributed by atoms with van der Waals surface area (Å²) in [4.78, 5) is 10.8. The third kappa shape index (κ3) is 2.17. The van der Waals surface area contributed by atoms with E-state index in [1.807, 2.05) is 0 Å². The van der Waals surface area contributed by atoms with Gasteiger partial charge in [0.2, 0.25) is 0 Å². The van der Waals surface area contributed by atoms with Crippen molar-refractivity contribution < 1.29 is 9.90 Å². The van der Waals surface area contributed by atoms with E-state index >= 15 is 0 Å². The minimum atomic E-state index is -1.09. The molecule has 0 radical (unpaired) electrons. The van der Waals surface area contributed by atoms with E-state index in [0.29, 0.717) is 5.56 Å². The summed E-state index contributed by atoms with van der Waals surface area (Å²) in [5, 5.41) is 8.88. The van der Waals surface area contributed by atoms with Crippen molar-refractivity contribution in [1.29, 1.82) is 0 Å². The highest BCUT2D eigenvalue weighted by molar-refractivity contribution is 7.80. The van der Waals surface area contributed by atoms with Gasteiger partial charge in [0, 0.05) is 5.56 Å². The normalized spacial score (nSPS) is 9.62. The minimum absolute atomic E-state index is 0.00645. The van der Waals surface area contributed by atoms with Gasteiger partial charge in [0.25, 0.3) is 0 Å². The number of carboxylic acid groups (broad SMARTS) is 1. The number of benzene rings is 1. The quantitative estimate of drug-likeness (QED) is 0.737. The Morgan fingerprint density at radius 3 is 2.62 bits per heavy atom. The van der Waals surface area contributed by atoms with Gasteiger partial charge in [-0.3, -0.25) is 0 Å². The van der Waals surface area contributed by atoms with Crippen LogP contribution in [-0.4, -0.2) is 16.1 Å². The van der Waals surface area contributed by atoms with Crippen molar-refractivity contribution in [2.75, 3.05) is 0 Å². The van der Waals surface area contributed by atoms with Gasteiger partial charge in [-0.25, -0.2) is 4.79 Å². The molecule has 0 unspecified atom stereocenters. The maximum Gasteiger partial charge on any atom is 0.337 e. The zero-order valence-corrected chi connectivity index (χ0v) is 8.02. The smallest absolute Gasteiger partial charge is 0.337 e. The molecule has 0 saturated carbocycles. The molecule has 0 atom stereocenters. The Morgan fingerprint density at radius 2 is 2.15 bits per heavy atom. The third-order valence-electron chi connectivity index (χ3n) is 1.48. The average Bonchev–Trinajstić information content (AvgIpc) is 2.04. The molecule has 1 aromatic rings. The second-order valence-electron chi connectivity index (χ2n) is 2.36. The van der Waals surface area contributed by atoms with Gasteiger partial charge in [0.1, 0.15) is 4.99 Å². The van der Waals surface area contributed by atoms with Crippen LogP contribution in [0.5, 0.6) is 0 Å². The summed E-state index contributed by atoms with van der Waals surface area (Å²) in [5.74, 6) is -1.09. The molecule has 1 aromatic carbocycles. The summed E-state index contributed by atoms with van der Waals surface area (Å²) in [6, 6.07) is 4.39. The molecule has 68 valence electrons. The molecule has 0 aliphatic rings. The van der Waals surface area contributed by atoms with Gasteiger partial charge >= 0.3 is 5.97 Å². The Labute approximate surface area is 85.1 Å². The number of carbonyl (C=O) groups is 1. The first kappa shape index (κ1) is 9.95. The monoisotopic (exact) mass is 215 g/mol. The number of hydrogen-bond acceptors (Lipinski definition) is 2. The topological polar surface area (TPSA) is 63.3 Å². The van der Waals surface area contributed by atoms with Crippen LogP contribution in [0, 0.1) is 0 Å². The van der Waals surface area contributed by atoms with Crippen molar-refractivity contribution in [3.05, 3.63) is 34.3 Å². The van der Waals surface area contributed by atoms with E-state index in [-0.39, 0.29) is 15.6 Å². The van der Waals surface area contributed by atoms with Gasteiger partial charge < -0.3 is 10.8 Å². The summed E-state index contributed by atoms with van der Waals surface area (Å²) in [7, 11) is 0. The molecule has 3 N–H and O–H groups in total. The fraction of sp³-hybridized carbons (Fsp3) is 0. The average molecular weight is 216 g/mol. The standard InChI is InChI=1S/C8H6ClNO2S/c9-6-2-1-4(7(10)13)3-5(6)8(11)12/h1-3H,(H2,10,13)(H,11,12). The number of aromatic carboxylic acids is 1. The number of halogens is 1. The van der Waals surface area contributed by atoms with Crippen LogP contribution in [0.15, 0.2) is 18.2 Å². The first-order valence-electron chi connectivity index (χ1n) is 3.35. The van der Waals surface area contributed by atoms with Crippen molar-refractivity contribution in [3.63, 3.8) is 0 Å². The largest absolute Gasteiger partial charge is 0.478 e. The van der Waals surface area contributed by atoms with Crippen LogP contribution in [0.2, 0.25) is 5.02 Å². The maximum absolute atomic E-state index is 10.6. The van der Waals surface area contributed by atoms with Crippen LogP contribution in [0.1, 0.15) is 15.9 Å². The van der Waals surface area contributed by atoms with Crippen LogP contribution in [0.25, 0.3) is 0 Å². The summed E-state index contributed by atoms with van der Waals surface area (Å²) in [6.07, 6.45) is 0. The van der Waals surface area contributed by atoms with Crippen LogP contribution in [-0.2, 0) is 0 Å². The number of carboxylic acids is 1. The summed E-state index contributed by atoms with van der Waals surface area (Å²) < 4.78 is 0. The molecule has 0 heterocycles. The highest BCUT2D eigenvalue weighted by Crippen LogP contribution is 2.17. The van der Waals surface area contributed by atoms with Gasteiger partial charge in [-0.15, -0.1) is 0 Å². The Hall–Kier alpha value is -1.13. The summed E-state index contributed by atoms with van der Waals surface area (Å²) in [5.41, 5.74) is 5.83. The summed E-state index contributed by atoms with van der Waals surface area (Å²) in [6.45, 7) is 0. The van der Waals surface area contributed by atoms with E-state index < -0.39 is 5.97 Å². The van der Waals surface area contributed by atoms with Gasteiger partial charge in [0.15, 0.2) is 0 Å². The number of hydrogen-bond donors (Lipinski definition) is 2. The van der Waals surface area contributed by atoms with Gasteiger partial charge in [-0.05, 0) is 12.1 Å². The predicted molar refractivity (Wildman–Crippen MR) is 54.3 cm³/mol. The molecule has 0 fully saturated rings. The third-order valence-corrected chi connectivity index (χ3v) is 2.05. The number of thiocarbonyl (C=S) groups is 1. The minimum Gasteiger partial charge on any atom is -0.478 e. The second kappa shape index (κ2) is 3.72. The van der Waals surface area contributed by atoms with Gasteiger partial charge in [-0.1, -0.05) is 29.9 Å². The lowest BCUT2D eigenvalue weighted by Gasteiger charge is -2.01. The lowest BCUT2D eigenvalue weighted by Crippen LogP contribution is -2.10. The van der Waals surface area contributed by atoms with E-state index in [1.165, 1.54) is 12.1 Å². The van der Waals surface area contributed by atoms with Crippen LogP contribution >= 0.6 is 23.8 Å². The Morgan fingerprint density at radius 1 is 1.54 bits per heavy atom. The predicted octanol–water partition coefficient (Wildman–Crippen LogP) is 1.67. The molecule has 0 spiro atoms. The maximum atomic E-state index is 10.6. The van der Waals surface area contributed by atoms with E-state index in [0.717, 1.165) is 0 Å². The van der Waals surface area contributed by atoms with E-state index in [9.17, 15) is 4.79 Å². The number of nitrogens with two attached hydrogens (primary N) is 1. The molecule has 13 heavy (non-hydrogen) atoms. The molecule has 0 amide bonds. The van der Waals surface area contributed by atoms with E-state index in [4.69, 9.17) is 34.7 Å². The molecule has 0 aliphatic carbocycles. The van der Waals surface area contributed by atoms with Crippen LogP contribution in [0.4, 0.5) is 0 Å². The second-order valence-corrected chi connectivity index (χ2v) is 3.21. The van der Waals surface area contributed by atoms with Crippen molar-refractivity contribution >= 4 is 34.8 Å². The molecule has 0 aliphatic heterocycles. The highest BCUT2D eigenvalue weighted by atomic mass is 35.5. The molecule has 0 saturated heterocycles. The molecule has 0 bridgehead atoms. The molecule has 5 heteroatoms. The Balaban J connectivity index is 3.27. The fourth-order valence-electron chi connectivity index (χ4n) is 0.842. The molecular formula is C8H6ClNO2S. The zero-order valence-electron chi connectivity index (χ0n) is 6.45. The van der Waals surface area contributed by atoms with Crippen molar-refractivity contribution in [2.45, 2.75) is 0 Å². The van der Waals surface area contributed by atoms with Crippen molar-refractivity contribution in [2.24, 2.45) is 5.73 Å². The van der Waals surface area contributed by atoms with Crippen molar-refractivity contribution in [1.82, 2.24) is 0 Å². The zero-order chi connectivity index (χ0) is 10.0. The van der Waals surface area contributed by atoms with Crippen LogP contribution in [0.3, 0.4) is 0 Å². The van der Waals surface area contributed by atoms with Gasteiger partial charge in [-0.2, -0.15) is 0 Å². The van der Waals surface area contributed by atoms with E-state index in [2.05, 4.69) is 0 Å². The molecule has 1 rings (SSSR count). The number of rotatable bonds is 2. The molecule has 0 aromatic heterocycles. The van der Waals surface area contributed by atoms with E-state index in [1.54, 1.807) is 6.07 Å². The molecular weight excluding hydrogens is 210 g/mol. The summed E-state index contributed by atoms with van der Waals surface area (Å²) >= 11 is 10.3. The highest BCUT2D eigenvalue weighted by Gasteiger charge is 2.09. The first-order valence-corrected chi connectivity index (χ1v) is 4.13. The first-order chi connectivity index (χ1) is 6.02.